The number of nitrogens with zero attached hydrogens (tertiary/aromatic N) is 3. The topological polar surface area (TPSA) is 65.3 Å². The lowest BCUT2D eigenvalue weighted by Gasteiger charge is -2.25. The Balaban J connectivity index is 1.73. The van der Waals surface area contributed by atoms with Gasteiger partial charge in [0.2, 0.25) is 5.75 Å². The summed E-state index contributed by atoms with van der Waals surface area (Å²) in [6, 6.07) is 11.9. The van der Waals surface area contributed by atoms with Gasteiger partial charge in [0.1, 0.15) is 13.3 Å². The van der Waals surface area contributed by atoms with E-state index in [9.17, 15) is 4.79 Å². The molecule has 0 radical (unpaired) electrons. The van der Waals surface area contributed by atoms with Crippen molar-refractivity contribution in [2.24, 2.45) is 4.99 Å². The maximum atomic E-state index is 13.0. The fourth-order valence-corrected chi connectivity index (χ4v) is 4.33. The molecule has 7 nitrogen and oxygen atoms in total. The van der Waals surface area contributed by atoms with Gasteiger partial charge in [-0.15, -0.1) is 0 Å². The first-order valence-electron chi connectivity index (χ1n) is 9.41. The molecule has 0 N–H and O–H groups in total. The van der Waals surface area contributed by atoms with Crippen LogP contribution in [-0.4, -0.2) is 32.6 Å². The minimum Gasteiger partial charge on any atom is -0.493 e. The van der Waals surface area contributed by atoms with E-state index in [1.807, 2.05) is 18.2 Å². The fraction of sp³-hybridized carbons (Fsp3) is 0.273. The van der Waals surface area contributed by atoms with Gasteiger partial charge in [-0.05, 0) is 42.8 Å². The van der Waals surface area contributed by atoms with E-state index in [-0.39, 0.29) is 5.56 Å². The van der Waals surface area contributed by atoms with Gasteiger partial charge in [-0.1, -0.05) is 29.0 Å². The largest absolute Gasteiger partial charge is 0.493 e. The van der Waals surface area contributed by atoms with Crippen molar-refractivity contribution in [3.8, 4) is 17.2 Å². The predicted molar refractivity (Wildman–Crippen MR) is 118 cm³/mol. The van der Waals surface area contributed by atoms with Gasteiger partial charge in [-0.2, -0.15) is 0 Å². The molecule has 0 saturated heterocycles. The molecule has 2 aromatic carbocycles. The Morgan fingerprint density at radius 2 is 1.70 bits per heavy atom. The maximum absolute atomic E-state index is 13.0. The zero-order valence-corrected chi connectivity index (χ0v) is 18.2. The zero-order valence-electron chi connectivity index (χ0n) is 17.3. The SMILES string of the molecule is COc1cc(C=c2sc3n(c2=O)CN(c2ccc(C)cc2)CN=3)cc(OC)c1OC. The second-order valence-electron chi connectivity index (χ2n) is 6.90. The summed E-state index contributed by atoms with van der Waals surface area (Å²) in [6.45, 7) is 3.05. The number of aromatic nitrogens is 1. The van der Waals surface area contributed by atoms with Crippen molar-refractivity contribution in [1.82, 2.24) is 4.57 Å². The Bertz CT molecular complexity index is 1220. The number of benzene rings is 2. The lowest BCUT2D eigenvalue weighted by molar-refractivity contribution is 0.324. The third kappa shape index (κ3) is 3.66. The maximum Gasteiger partial charge on any atom is 0.271 e. The van der Waals surface area contributed by atoms with Gasteiger partial charge in [0, 0.05) is 5.69 Å². The van der Waals surface area contributed by atoms with Gasteiger partial charge in [0.25, 0.3) is 5.56 Å². The highest BCUT2D eigenvalue weighted by atomic mass is 32.1. The molecule has 3 aromatic rings. The molecular formula is C22H23N3O4S. The van der Waals surface area contributed by atoms with Gasteiger partial charge < -0.3 is 19.1 Å². The number of hydrogen-bond donors (Lipinski definition) is 0. The van der Waals surface area contributed by atoms with Crippen LogP contribution in [0.1, 0.15) is 11.1 Å². The monoisotopic (exact) mass is 425 g/mol. The Kier molecular flexibility index (Phi) is 5.50. The van der Waals surface area contributed by atoms with Crippen molar-refractivity contribution in [3.05, 3.63) is 67.2 Å². The van der Waals surface area contributed by atoms with E-state index in [1.54, 1.807) is 25.9 Å². The third-order valence-electron chi connectivity index (χ3n) is 4.96. The predicted octanol–water partition coefficient (Wildman–Crippen LogP) is 2.13. The van der Waals surface area contributed by atoms with Crippen LogP contribution in [0.15, 0.2) is 46.2 Å². The van der Waals surface area contributed by atoms with Crippen LogP contribution in [0.25, 0.3) is 6.08 Å². The summed E-state index contributed by atoms with van der Waals surface area (Å²) in [5, 5.41) is 0. The molecule has 0 saturated carbocycles. The highest BCUT2D eigenvalue weighted by Gasteiger charge is 2.17. The van der Waals surface area contributed by atoms with E-state index in [0.717, 1.165) is 16.1 Å². The Labute approximate surface area is 178 Å². The average molecular weight is 426 g/mol. The molecule has 4 rings (SSSR count). The molecule has 0 unspecified atom stereocenters. The number of aryl methyl sites for hydroxylation is 1. The van der Waals surface area contributed by atoms with Crippen LogP contribution in [0.4, 0.5) is 5.69 Å². The van der Waals surface area contributed by atoms with Crippen molar-refractivity contribution in [3.63, 3.8) is 0 Å². The Hall–Kier alpha value is -3.26. The molecule has 0 amide bonds. The fourth-order valence-electron chi connectivity index (χ4n) is 3.37. The number of rotatable bonds is 5. The summed E-state index contributed by atoms with van der Waals surface area (Å²) in [6.07, 6.45) is 1.83. The molecule has 156 valence electrons. The van der Waals surface area contributed by atoms with Crippen LogP contribution in [0.2, 0.25) is 0 Å². The first-order chi connectivity index (χ1) is 14.5. The summed E-state index contributed by atoms with van der Waals surface area (Å²) in [4.78, 5) is 20.5. The molecule has 30 heavy (non-hydrogen) atoms. The number of anilines is 1. The summed E-state index contributed by atoms with van der Waals surface area (Å²) in [5.41, 5.74) is 2.96. The Morgan fingerprint density at radius 1 is 1.03 bits per heavy atom. The molecule has 1 aromatic heterocycles. The highest BCUT2D eigenvalue weighted by molar-refractivity contribution is 7.07. The molecule has 0 aliphatic carbocycles. The van der Waals surface area contributed by atoms with Crippen LogP contribution in [0.5, 0.6) is 17.2 Å². The molecule has 0 bridgehead atoms. The van der Waals surface area contributed by atoms with Gasteiger partial charge in [0.05, 0.1) is 25.9 Å². The lowest BCUT2D eigenvalue weighted by atomic mass is 10.1. The number of hydrogen-bond acceptors (Lipinski definition) is 7. The molecular weight excluding hydrogens is 402 g/mol. The van der Waals surface area contributed by atoms with Crippen LogP contribution >= 0.6 is 11.3 Å². The van der Waals surface area contributed by atoms with Crippen LogP contribution in [-0.2, 0) is 6.67 Å². The second kappa shape index (κ2) is 8.23. The third-order valence-corrected chi connectivity index (χ3v) is 6.01. The summed E-state index contributed by atoms with van der Waals surface area (Å²) in [5.74, 6) is 1.60. The quantitative estimate of drug-likeness (QED) is 0.627. The number of methoxy groups -OCH3 is 3. The Morgan fingerprint density at radius 3 is 2.30 bits per heavy atom. The van der Waals surface area contributed by atoms with Gasteiger partial charge in [-0.25, -0.2) is 4.99 Å². The summed E-state index contributed by atoms with van der Waals surface area (Å²) >= 11 is 1.38. The van der Waals surface area contributed by atoms with Gasteiger partial charge in [-0.3, -0.25) is 9.36 Å². The molecule has 1 aliphatic rings. The van der Waals surface area contributed by atoms with Crippen LogP contribution < -0.4 is 34.0 Å². The van der Waals surface area contributed by atoms with Gasteiger partial charge in [0.15, 0.2) is 16.3 Å². The van der Waals surface area contributed by atoms with Crippen molar-refractivity contribution < 1.29 is 14.2 Å². The van der Waals surface area contributed by atoms with E-state index in [1.165, 1.54) is 16.9 Å². The number of fused-ring (bicyclic) bond motifs is 1. The zero-order chi connectivity index (χ0) is 21.3. The van der Waals surface area contributed by atoms with E-state index in [2.05, 4.69) is 41.1 Å². The van der Waals surface area contributed by atoms with Crippen molar-refractivity contribution in [1.29, 1.82) is 0 Å². The highest BCUT2D eigenvalue weighted by Crippen LogP contribution is 2.38. The van der Waals surface area contributed by atoms with E-state index >= 15 is 0 Å². The summed E-state index contributed by atoms with van der Waals surface area (Å²) in [7, 11) is 4.70. The second-order valence-corrected chi connectivity index (χ2v) is 7.91. The van der Waals surface area contributed by atoms with Crippen molar-refractivity contribution in [2.75, 3.05) is 32.9 Å². The minimum absolute atomic E-state index is 0.0655. The average Bonchev–Trinajstić information content (AvgIpc) is 3.08. The molecule has 0 fully saturated rings. The van der Waals surface area contributed by atoms with Crippen molar-refractivity contribution >= 4 is 23.1 Å². The van der Waals surface area contributed by atoms with Crippen LogP contribution in [0.3, 0.4) is 0 Å². The van der Waals surface area contributed by atoms with Crippen molar-refractivity contribution in [2.45, 2.75) is 13.6 Å². The summed E-state index contributed by atoms with van der Waals surface area (Å²) < 4.78 is 18.5. The standard InChI is InChI=1S/C22H23N3O4S/c1-14-5-7-16(8-6-14)24-12-23-22-25(13-24)21(26)19(30-22)11-15-9-17(27-2)20(29-4)18(10-15)28-3/h5-11H,12-13H2,1-4H3. The van der Waals surface area contributed by atoms with E-state index in [0.29, 0.717) is 35.1 Å². The van der Waals surface area contributed by atoms with E-state index in [4.69, 9.17) is 14.2 Å². The molecule has 2 heterocycles. The number of ether oxygens (including phenoxy) is 3. The van der Waals surface area contributed by atoms with E-state index < -0.39 is 0 Å². The normalized spacial score (nSPS) is 13.6. The number of thiazole rings is 1. The van der Waals surface area contributed by atoms with Crippen LogP contribution in [0, 0.1) is 6.92 Å². The lowest BCUT2D eigenvalue weighted by Crippen LogP contribution is -2.42. The molecule has 8 heteroatoms. The first-order valence-corrected chi connectivity index (χ1v) is 10.2. The molecule has 0 spiro atoms. The molecule has 0 atom stereocenters. The van der Waals surface area contributed by atoms with Gasteiger partial charge >= 0.3 is 0 Å². The minimum atomic E-state index is -0.0655. The first kappa shape index (κ1) is 20.0. The smallest absolute Gasteiger partial charge is 0.271 e. The molecule has 1 aliphatic heterocycles.